The van der Waals surface area contributed by atoms with Crippen LogP contribution in [0, 0.1) is 0 Å². The highest BCUT2D eigenvalue weighted by Gasteiger charge is 1.97. The van der Waals surface area contributed by atoms with Crippen molar-refractivity contribution in [2.24, 2.45) is 0 Å². The first-order chi connectivity index (χ1) is 6.81. The Balaban J connectivity index is 2.95. The Hall–Kier alpha value is -0.360. The largest absolute Gasteiger partial charge is 0.462 e. The van der Waals surface area contributed by atoms with Gasteiger partial charge in [-0.25, -0.2) is 4.79 Å². The van der Waals surface area contributed by atoms with E-state index in [1.54, 1.807) is 0 Å². The van der Waals surface area contributed by atoms with Crippen LogP contribution in [0.15, 0.2) is 0 Å². The molecule has 0 aromatic rings. The van der Waals surface area contributed by atoms with Gasteiger partial charge in [-0.15, -0.1) is 11.6 Å². The van der Waals surface area contributed by atoms with Crippen molar-refractivity contribution in [1.29, 1.82) is 0 Å². The van der Waals surface area contributed by atoms with Crippen molar-refractivity contribution >= 4 is 17.6 Å². The average Bonchev–Trinajstić information content (AvgIpc) is 2.21. The van der Waals surface area contributed by atoms with Crippen LogP contribution >= 0.6 is 11.6 Å². The molecule has 0 saturated heterocycles. The molecule has 0 aliphatic rings. The maximum Gasteiger partial charge on any atom is 0.331 e. The fraction of sp³-hybridized carbons (Fsp3) is 0.875. The van der Waals surface area contributed by atoms with Gasteiger partial charge >= 0.3 is 5.97 Å². The van der Waals surface area contributed by atoms with E-state index in [9.17, 15) is 4.79 Å². The summed E-state index contributed by atoms with van der Waals surface area (Å²) in [6.45, 7) is 1.27. The summed E-state index contributed by atoms with van der Waals surface area (Å²) in [5.74, 6) is -0.180. The van der Waals surface area contributed by atoms with Crippen LogP contribution < -0.4 is 0 Å². The van der Waals surface area contributed by atoms with E-state index in [0.717, 1.165) is 0 Å². The number of hydrogen-bond acceptors (Lipinski definition) is 5. The Morgan fingerprint density at radius 2 is 1.64 bits per heavy atom. The smallest absolute Gasteiger partial charge is 0.331 e. The molecular weight excluding hydrogens is 212 g/mol. The first-order valence-electron chi connectivity index (χ1n) is 4.29. The number of aliphatic hydroxyl groups is 1. The SMILES string of the molecule is O=C(CO)OCCOCCOCCCl. The van der Waals surface area contributed by atoms with Crippen LogP contribution in [0.1, 0.15) is 0 Å². The maximum absolute atomic E-state index is 10.4. The second-order valence-electron chi connectivity index (χ2n) is 2.29. The zero-order valence-corrected chi connectivity index (χ0v) is 8.66. The first kappa shape index (κ1) is 13.6. The van der Waals surface area contributed by atoms with Crippen molar-refractivity contribution in [3.05, 3.63) is 0 Å². The van der Waals surface area contributed by atoms with Crippen LogP contribution in [-0.2, 0) is 19.0 Å². The second-order valence-corrected chi connectivity index (χ2v) is 2.67. The molecule has 0 aromatic heterocycles. The number of carbonyl (C=O) groups excluding carboxylic acids is 1. The van der Waals surface area contributed by atoms with Gasteiger partial charge in [-0.3, -0.25) is 0 Å². The van der Waals surface area contributed by atoms with E-state index < -0.39 is 12.6 Å². The molecule has 0 amide bonds. The second kappa shape index (κ2) is 10.7. The Kier molecular flexibility index (Phi) is 10.4. The van der Waals surface area contributed by atoms with Gasteiger partial charge in [0.1, 0.15) is 13.2 Å². The van der Waals surface area contributed by atoms with Crippen LogP contribution in [0.25, 0.3) is 0 Å². The third-order valence-corrected chi connectivity index (χ3v) is 1.37. The molecule has 6 heteroatoms. The minimum Gasteiger partial charge on any atom is -0.462 e. The highest BCUT2D eigenvalue weighted by atomic mass is 35.5. The van der Waals surface area contributed by atoms with Gasteiger partial charge in [0.2, 0.25) is 0 Å². The Morgan fingerprint density at radius 3 is 2.21 bits per heavy atom. The third kappa shape index (κ3) is 9.73. The van der Waals surface area contributed by atoms with E-state index in [1.807, 2.05) is 0 Å². The molecule has 0 aromatic carbocycles. The minimum atomic E-state index is -0.646. The van der Waals surface area contributed by atoms with E-state index >= 15 is 0 Å². The van der Waals surface area contributed by atoms with Gasteiger partial charge in [-0.1, -0.05) is 0 Å². The van der Waals surface area contributed by atoms with Gasteiger partial charge < -0.3 is 19.3 Å². The van der Waals surface area contributed by atoms with Crippen LogP contribution in [-0.4, -0.2) is 56.6 Å². The lowest BCUT2D eigenvalue weighted by Gasteiger charge is -2.05. The summed E-state index contributed by atoms with van der Waals surface area (Å²) in [6, 6.07) is 0. The van der Waals surface area contributed by atoms with E-state index in [0.29, 0.717) is 32.3 Å². The molecule has 0 radical (unpaired) electrons. The molecule has 0 bridgehead atoms. The minimum absolute atomic E-state index is 0.148. The molecule has 84 valence electrons. The molecule has 0 atom stereocenters. The summed E-state index contributed by atoms with van der Waals surface area (Å²) in [5.41, 5.74) is 0. The van der Waals surface area contributed by atoms with Gasteiger partial charge in [0, 0.05) is 5.88 Å². The summed E-state index contributed by atoms with van der Waals surface area (Å²) in [4.78, 5) is 10.4. The normalized spacial score (nSPS) is 10.1. The fourth-order valence-corrected chi connectivity index (χ4v) is 0.746. The average molecular weight is 227 g/mol. The highest BCUT2D eigenvalue weighted by Crippen LogP contribution is 1.83. The number of ether oxygens (including phenoxy) is 3. The predicted octanol–water partition coefficient (Wildman–Crippen LogP) is -0.206. The predicted molar refractivity (Wildman–Crippen MR) is 50.4 cm³/mol. The van der Waals surface area contributed by atoms with Crippen LogP contribution in [0.5, 0.6) is 0 Å². The molecule has 0 heterocycles. The topological polar surface area (TPSA) is 65.0 Å². The summed E-state index contributed by atoms with van der Waals surface area (Å²) in [7, 11) is 0. The Bertz CT molecular complexity index is 142. The quantitative estimate of drug-likeness (QED) is 0.335. The lowest BCUT2D eigenvalue weighted by molar-refractivity contribution is -0.148. The van der Waals surface area contributed by atoms with Crippen molar-refractivity contribution in [2.75, 3.05) is 45.5 Å². The Morgan fingerprint density at radius 1 is 1.07 bits per heavy atom. The van der Waals surface area contributed by atoms with Crippen LogP contribution in [0.3, 0.4) is 0 Å². The number of carbonyl (C=O) groups is 1. The standard InChI is InChI=1S/C8H15ClO5/c9-1-2-12-3-4-13-5-6-14-8(11)7-10/h10H,1-7H2. The molecule has 0 rings (SSSR count). The van der Waals surface area contributed by atoms with Crippen molar-refractivity contribution in [3.63, 3.8) is 0 Å². The third-order valence-electron chi connectivity index (χ3n) is 1.21. The monoisotopic (exact) mass is 226 g/mol. The number of hydrogen-bond donors (Lipinski definition) is 1. The fourth-order valence-electron chi connectivity index (χ4n) is 0.637. The molecule has 1 N–H and O–H groups in total. The van der Waals surface area contributed by atoms with E-state index in [2.05, 4.69) is 4.74 Å². The molecule has 14 heavy (non-hydrogen) atoms. The van der Waals surface area contributed by atoms with Gasteiger partial charge in [-0.2, -0.15) is 0 Å². The number of alkyl halides is 1. The molecule has 0 spiro atoms. The summed E-state index contributed by atoms with van der Waals surface area (Å²) < 4.78 is 14.6. The molecule has 0 fully saturated rings. The van der Waals surface area contributed by atoms with Crippen molar-refractivity contribution in [2.45, 2.75) is 0 Å². The van der Waals surface area contributed by atoms with E-state index in [1.165, 1.54) is 0 Å². The van der Waals surface area contributed by atoms with Gasteiger partial charge in [0.15, 0.2) is 0 Å². The molecule has 0 aliphatic heterocycles. The number of aliphatic hydroxyl groups excluding tert-OH is 1. The van der Waals surface area contributed by atoms with E-state index in [4.69, 9.17) is 26.2 Å². The van der Waals surface area contributed by atoms with Gasteiger partial charge in [0.05, 0.1) is 26.4 Å². The summed E-state index contributed by atoms with van der Waals surface area (Å²) in [5, 5.41) is 8.29. The molecule has 0 aliphatic carbocycles. The van der Waals surface area contributed by atoms with Crippen molar-refractivity contribution in [1.82, 2.24) is 0 Å². The Labute approximate surface area is 87.9 Å². The number of rotatable bonds is 9. The van der Waals surface area contributed by atoms with Crippen molar-refractivity contribution in [3.8, 4) is 0 Å². The lowest BCUT2D eigenvalue weighted by atomic mass is 10.7. The summed E-state index contributed by atoms with van der Waals surface area (Å²) in [6.07, 6.45) is 0. The van der Waals surface area contributed by atoms with Crippen LogP contribution in [0.4, 0.5) is 0 Å². The lowest BCUT2D eigenvalue weighted by Crippen LogP contribution is -2.15. The molecule has 5 nitrogen and oxygen atoms in total. The molecule has 0 unspecified atom stereocenters. The number of halogens is 1. The highest BCUT2D eigenvalue weighted by molar-refractivity contribution is 6.17. The van der Waals surface area contributed by atoms with Gasteiger partial charge in [0.25, 0.3) is 0 Å². The maximum atomic E-state index is 10.4. The van der Waals surface area contributed by atoms with Crippen LogP contribution in [0.2, 0.25) is 0 Å². The summed E-state index contributed by atoms with van der Waals surface area (Å²) >= 11 is 5.37. The molecular formula is C8H15ClO5. The van der Waals surface area contributed by atoms with Gasteiger partial charge in [-0.05, 0) is 0 Å². The zero-order chi connectivity index (χ0) is 10.6. The van der Waals surface area contributed by atoms with E-state index in [-0.39, 0.29) is 6.61 Å². The zero-order valence-electron chi connectivity index (χ0n) is 7.91. The first-order valence-corrected chi connectivity index (χ1v) is 4.82. The van der Waals surface area contributed by atoms with Crippen molar-refractivity contribution < 1.29 is 24.1 Å². The number of esters is 1. The molecule has 0 saturated carbocycles.